The minimum Gasteiger partial charge on any atom is -0.436 e. The summed E-state index contributed by atoms with van der Waals surface area (Å²) in [6, 6.07) is 15.4. The lowest BCUT2D eigenvalue weighted by Gasteiger charge is -2.09. The number of fused-ring (bicyclic) bond motifs is 1. The minimum absolute atomic E-state index is 0.120. The lowest BCUT2D eigenvalue weighted by atomic mass is 9.98. The molecular formula is C25H22ClN3O4. The van der Waals surface area contributed by atoms with E-state index in [4.69, 9.17) is 16.0 Å². The first kappa shape index (κ1) is 22.5. The third-order valence-corrected chi connectivity index (χ3v) is 6.05. The van der Waals surface area contributed by atoms with Gasteiger partial charge in [0.15, 0.2) is 5.58 Å². The lowest BCUT2D eigenvalue weighted by molar-refractivity contribution is -0.385. The van der Waals surface area contributed by atoms with Crippen LogP contribution in [0.3, 0.4) is 0 Å². The number of nitro benzene ring substituents is 1. The number of nitro groups is 1. The van der Waals surface area contributed by atoms with Gasteiger partial charge in [-0.15, -0.1) is 0 Å². The molecule has 0 bridgehead atoms. The maximum absolute atomic E-state index is 12.7. The number of carbonyl (C=O) groups excluding carboxylic acids is 1. The third kappa shape index (κ3) is 4.59. The largest absolute Gasteiger partial charge is 0.436 e. The number of oxazole rings is 1. The molecule has 7 nitrogen and oxygen atoms in total. The van der Waals surface area contributed by atoms with Gasteiger partial charge in [0, 0.05) is 22.8 Å². The number of nitrogens with zero attached hydrogens (tertiary/aromatic N) is 2. The predicted octanol–water partition coefficient (Wildman–Crippen LogP) is 7.13. The Kier molecular flexibility index (Phi) is 6.16. The molecule has 0 fully saturated rings. The second kappa shape index (κ2) is 9.03. The molecule has 3 aromatic carbocycles. The van der Waals surface area contributed by atoms with Gasteiger partial charge in [-0.25, -0.2) is 4.98 Å². The maximum atomic E-state index is 12.7. The molecule has 8 heteroatoms. The fourth-order valence-electron chi connectivity index (χ4n) is 3.51. The van der Waals surface area contributed by atoms with Crippen molar-refractivity contribution >= 4 is 40.0 Å². The average Bonchev–Trinajstić information content (AvgIpc) is 3.23. The fraction of sp³-hybridized carbons (Fsp3) is 0.200. The van der Waals surface area contributed by atoms with Crippen LogP contribution in [0.1, 0.15) is 47.7 Å². The predicted molar refractivity (Wildman–Crippen MR) is 129 cm³/mol. The van der Waals surface area contributed by atoms with Crippen LogP contribution in [-0.4, -0.2) is 15.8 Å². The van der Waals surface area contributed by atoms with Gasteiger partial charge in [-0.1, -0.05) is 37.6 Å². The standard InChI is InChI=1S/C25H22ClN3O4/c1-4-14(2)16-8-10-23-21(11-16)28-25(33-23)18-7-9-19(26)20(12-18)27-24(30)17-6-5-15(3)22(13-17)29(31)32/h5-14H,4H2,1-3H3,(H,27,30). The number of benzene rings is 3. The van der Waals surface area contributed by atoms with Gasteiger partial charge in [-0.3, -0.25) is 14.9 Å². The van der Waals surface area contributed by atoms with E-state index >= 15 is 0 Å². The zero-order valence-corrected chi connectivity index (χ0v) is 19.1. The Labute approximate surface area is 195 Å². The van der Waals surface area contributed by atoms with Gasteiger partial charge < -0.3 is 9.73 Å². The van der Waals surface area contributed by atoms with Gasteiger partial charge in [0.1, 0.15) is 5.52 Å². The third-order valence-electron chi connectivity index (χ3n) is 5.72. The molecule has 33 heavy (non-hydrogen) atoms. The van der Waals surface area contributed by atoms with Gasteiger partial charge in [0.2, 0.25) is 5.89 Å². The van der Waals surface area contributed by atoms with Crippen LogP contribution in [-0.2, 0) is 0 Å². The second-order valence-corrected chi connectivity index (χ2v) is 8.37. The molecule has 1 N–H and O–H groups in total. The molecule has 0 aliphatic carbocycles. The number of aryl methyl sites for hydroxylation is 1. The number of anilines is 1. The van der Waals surface area contributed by atoms with Crippen molar-refractivity contribution in [2.24, 2.45) is 0 Å². The Morgan fingerprint density at radius 1 is 1.18 bits per heavy atom. The van der Waals surface area contributed by atoms with Crippen LogP contribution in [0, 0.1) is 17.0 Å². The summed E-state index contributed by atoms with van der Waals surface area (Å²) in [5.41, 5.74) is 4.14. The maximum Gasteiger partial charge on any atom is 0.273 e. The zero-order valence-electron chi connectivity index (χ0n) is 18.4. The molecule has 0 saturated heterocycles. The summed E-state index contributed by atoms with van der Waals surface area (Å²) in [6.07, 6.45) is 1.03. The molecule has 1 atom stereocenters. The van der Waals surface area contributed by atoms with Crippen LogP contribution in [0.5, 0.6) is 0 Å². The van der Waals surface area contributed by atoms with Gasteiger partial charge in [-0.05, 0) is 61.2 Å². The van der Waals surface area contributed by atoms with E-state index in [0.717, 1.165) is 11.9 Å². The molecule has 1 unspecified atom stereocenters. The van der Waals surface area contributed by atoms with Crippen LogP contribution in [0.15, 0.2) is 59.0 Å². The van der Waals surface area contributed by atoms with E-state index in [2.05, 4.69) is 24.1 Å². The number of nitrogens with one attached hydrogen (secondary N) is 1. The van der Waals surface area contributed by atoms with Gasteiger partial charge in [-0.2, -0.15) is 0 Å². The van der Waals surface area contributed by atoms with E-state index in [9.17, 15) is 14.9 Å². The van der Waals surface area contributed by atoms with Crippen molar-refractivity contribution in [1.29, 1.82) is 0 Å². The molecule has 0 aliphatic rings. The van der Waals surface area contributed by atoms with Crippen LogP contribution in [0.2, 0.25) is 5.02 Å². The summed E-state index contributed by atoms with van der Waals surface area (Å²) in [4.78, 5) is 28.0. The van der Waals surface area contributed by atoms with E-state index in [1.807, 2.05) is 18.2 Å². The number of hydrogen-bond donors (Lipinski definition) is 1. The van der Waals surface area contributed by atoms with Crippen LogP contribution in [0.4, 0.5) is 11.4 Å². The normalized spacial score (nSPS) is 12.0. The highest BCUT2D eigenvalue weighted by molar-refractivity contribution is 6.34. The number of hydrogen-bond acceptors (Lipinski definition) is 5. The second-order valence-electron chi connectivity index (χ2n) is 7.96. The molecule has 1 amide bonds. The molecule has 1 aromatic heterocycles. The van der Waals surface area contributed by atoms with Crippen molar-refractivity contribution in [3.63, 3.8) is 0 Å². The summed E-state index contributed by atoms with van der Waals surface area (Å²) in [5, 5.41) is 14.2. The van der Waals surface area contributed by atoms with Crippen molar-refractivity contribution in [1.82, 2.24) is 4.98 Å². The first-order valence-electron chi connectivity index (χ1n) is 10.5. The minimum atomic E-state index is -0.514. The van der Waals surface area contributed by atoms with Gasteiger partial charge >= 0.3 is 0 Å². The van der Waals surface area contributed by atoms with Crippen molar-refractivity contribution in [2.75, 3.05) is 5.32 Å². The molecule has 4 aromatic rings. The van der Waals surface area contributed by atoms with Crippen LogP contribution >= 0.6 is 11.6 Å². The quantitative estimate of drug-likeness (QED) is 0.242. The summed E-state index contributed by atoms with van der Waals surface area (Å²) in [5.74, 6) is 0.321. The summed E-state index contributed by atoms with van der Waals surface area (Å²) < 4.78 is 5.92. The van der Waals surface area contributed by atoms with Gasteiger partial charge in [0.25, 0.3) is 11.6 Å². The van der Waals surface area contributed by atoms with E-state index in [1.165, 1.54) is 23.8 Å². The molecule has 1 heterocycles. The average molecular weight is 464 g/mol. The van der Waals surface area contributed by atoms with E-state index in [0.29, 0.717) is 39.2 Å². The van der Waals surface area contributed by atoms with Crippen molar-refractivity contribution in [3.8, 4) is 11.5 Å². The first-order chi connectivity index (χ1) is 15.8. The van der Waals surface area contributed by atoms with Gasteiger partial charge in [0.05, 0.1) is 15.6 Å². The molecule has 168 valence electrons. The zero-order chi connectivity index (χ0) is 23.7. The molecular weight excluding hydrogens is 442 g/mol. The number of carbonyl (C=O) groups is 1. The Balaban J connectivity index is 1.64. The number of rotatable bonds is 6. The Morgan fingerprint density at radius 2 is 1.97 bits per heavy atom. The van der Waals surface area contributed by atoms with Crippen LogP contribution < -0.4 is 5.32 Å². The van der Waals surface area contributed by atoms with E-state index in [-0.39, 0.29) is 11.3 Å². The monoisotopic (exact) mass is 463 g/mol. The molecule has 0 radical (unpaired) electrons. The van der Waals surface area contributed by atoms with E-state index < -0.39 is 10.8 Å². The van der Waals surface area contributed by atoms with Crippen LogP contribution in [0.25, 0.3) is 22.6 Å². The van der Waals surface area contributed by atoms with Crippen molar-refractivity contribution in [3.05, 3.63) is 86.4 Å². The number of halogens is 1. The number of amides is 1. The highest BCUT2D eigenvalue weighted by Gasteiger charge is 2.17. The molecule has 0 aliphatic heterocycles. The highest BCUT2D eigenvalue weighted by atomic mass is 35.5. The Morgan fingerprint density at radius 3 is 2.70 bits per heavy atom. The summed E-state index contributed by atoms with van der Waals surface area (Å²) in [6.45, 7) is 5.92. The summed E-state index contributed by atoms with van der Waals surface area (Å²) in [7, 11) is 0. The van der Waals surface area contributed by atoms with Crippen molar-refractivity contribution < 1.29 is 14.1 Å². The number of aromatic nitrogens is 1. The molecule has 0 spiro atoms. The summed E-state index contributed by atoms with van der Waals surface area (Å²) >= 11 is 6.30. The Bertz CT molecular complexity index is 1380. The SMILES string of the molecule is CCC(C)c1ccc2oc(-c3ccc(Cl)c(NC(=O)c4ccc(C)c([N+](=O)[O-])c4)c3)nc2c1. The van der Waals surface area contributed by atoms with E-state index in [1.54, 1.807) is 25.1 Å². The highest BCUT2D eigenvalue weighted by Crippen LogP contribution is 2.32. The lowest BCUT2D eigenvalue weighted by Crippen LogP contribution is -2.12. The molecule has 4 rings (SSSR count). The Hall–Kier alpha value is -3.71. The molecule has 0 saturated carbocycles. The topological polar surface area (TPSA) is 98.3 Å². The first-order valence-corrected chi connectivity index (χ1v) is 10.9. The fourth-order valence-corrected chi connectivity index (χ4v) is 3.67. The smallest absolute Gasteiger partial charge is 0.273 e. The van der Waals surface area contributed by atoms with Crippen molar-refractivity contribution in [2.45, 2.75) is 33.1 Å².